The molecule has 1 aromatic carbocycles. The van der Waals surface area contributed by atoms with Crippen LogP contribution in [-0.2, 0) is 10.0 Å². The highest BCUT2D eigenvalue weighted by Crippen LogP contribution is 2.19. The van der Waals surface area contributed by atoms with Crippen LogP contribution in [0.15, 0.2) is 29.2 Å². The molecule has 2 rings (SSSR count). The second-order valence-electron chi connectivity index (χ2n) is 4.15. The van der Waals surface area contributed by atoms with Crippen LogP contribution in [0.5, 0.6) is 0 Å². The summed E-state index contributed by atoms with van der Waals surface area (Å²) in [6.07, 6.45) is 0. The molecule has 0 spiro atoms. The minimum Gasteiger partial charge on any atom is -0.312 e. The van der Waals surface area contributed by atoms with Crippen LogP contribution in [0.4, 0.5) is 4.39 Å². The van der Waals surface area contributed by atoms with Crippen LogP contribution < -0.4 is 5.32 Å². The number of nitrogens with one attached hydrogen (secondary N) is 1. The fourth-order valence-corrected chi connectivity index (χ4v) is 3.50. The molecular weight excluding hydrogens is 243 g/mol. The number of piperazine rings is 1. The Hall–Kier alpha value is -0.980. The second kappa shape index (κ2) is 4.72. The first-order valence-corrected chi connectivity index (χ1v) is 6.94. The minimum atomic E-state index is -3.71. The fraction of sp³-hybridized carbons (Fsp3) is 0.455. The zero-order chi connectivity index (χ0) is 12.5. The molecule has 0 aliphatic carbocycles. The van der Waals surface area contributed by atoms with E-state index in [-0.39, 0.29) is 10.9 Å². The van der Waals surface area contributed by atoms with Gasteiger partial charge in [0.1, 0.15) is 10.7 Å². The first-order chi connectivity index (χ1) is 8.01. The Morgan fingerprint density at radius 2 is 2.12 bits per heavy atom. The molecule has 1 heterocycles. The average Bonchev–Trinajstić information content (AvgIpc) is 2.29. The molecular formula is C11H15FN2O2S. The van der Waals surface area contributed by atoms with Crippen molar-refractivity contribution in [3.63, 3.8) is 0 Å². The number of halogens is 1. The highest BCUT2D eigenvalue weighted by molar-refractivity contribution is 7.89. The van der Waals surface area contributed by atoms with Gasteiger partial charge in [0.25, 0.3) is 0 Å². The maximum Gasteiger partial charge on any atom is 0.246 e. The summed E-state index contributed by atoms with van der Waals surface area (Å²) in [6, 6.07) is 5.57. The Kier molecular flexibility index (Phi) is 3.46. The lowest BCUT2D eigenvalue weighted by Gasteiger charge is -2.31. The molecule has 17 heavy (non-hydrogen) atoms. The van der Waals surface area contributed by atoms with Crippen molar-refractivity contribution in [3.05, 3.63) is 30.1 Å². The predicted molar refractivity (Wildman–Crippen MR) is 62.6 cm³/mol. The molecule has 0 bridgehead atoms. The first-order valence-electron chi connectivity index (χ1n) is 5.50. The van der Waals surface area contributed by atoms with Crippen molar-refractivity contribution in [2.45, 2.75) is 17.9 Å². The number of sulfonamides is 1. The smallest absolute Gasteiger partial charge is 0.246 e. The van der Waals surface area contributed by atoms with Crippen LogP contribution in [0.3, 0.4) is 0 Å². The maximum atomic E-state index is 13.5. The molecule has 1 aliphatic rings. The standard InChI is InChI=1S/C11H15FN2O2S/c1-9-8-14(7-6-13-9)17(15,16)11-5-3-2-4-10(11)12/h2-5,9,13H,6-8H2,1H3. The molecule has 0 amide bonds. The Labute approximate surface area is 100 Å². The minimum absolute atomic E-state index is 0.0882. The number of hydrogen-bond acceptors (Lipinski definition) is 3. The van der Waals surface area contributed by atoms with Gasteiger partial charge in [-0.05, 0) is 19.1 Å². The predicted octanol–water partition coefficient (Wildman–Crippen LogP) is 0.808. The van der Waals surface area contributed by atoms with Crippen molar-refractivity contribution in [1.29, 1.82) is 0 Å². The maximum absolute atomic E-state index is 13.5. The molecule has 1 aliphatic heterocycles. The highest BCUT2D eigenvalue weighted by atomic mass is 32.2. The molecule has 0 aromatic heterocycles. The summed E-state index contributed by atoms with van der Waals surface area (Å²) in [5.41, 5.74) is 0. The summed E-state index contributed by atoms with van der Waals surface area (Å²) in [4.78, 5) is -0.242. The Morgan fingerprint density at radius 3 is 2.76 bits per heavy atom. The molecule has 0 saturated carbocycles. The van der Waals surface area contributed by atoms with Crippen molar-refractivity contribution in [3.8, 4) is 0 Å². The van der Waals surface area contributed by atoms with E-state index < -0.39 is 15.8 Å². The Balaban J connectivity index is 2.33. The lowest BCUT2D eigenvalue weighted by Crippen LogP contribution is -2.51. The van der Waals surface area contributed by atoms with E-state index in [2.05, 4.69) is 5.32 Å². The van der Waals surface area contributed by atoms with Crippen molar-refractivity contribution in [1.82, 2.24) is 9.62 Å². The summed E-state index contributed by atoms with van der Waals surface area (Å²) < 4.78 is 39.3. The van der Waals surface area contributed by atoms with E-state index in [0.29, 0.717) is 19.6 Å². The third-order valence-corrected chi connectivity index (χ3v) is 4.68. The number of rotatable bonds is 2. The molecule has 4 nitrogen and oxygen atoms in total. The monoisotopic (exact) mass is 258 g/mol. The molecule has 0 radical (unpaired) electrons. The van der Waals surface area contributed by atoms with Gasteiger partial charge in [-0.3, -0.25) is 0 Å². The molecule has 1 atom stereocenters. The van der Waals surface area contributed by atoms with Gasteiger partial charge in [0.05, 0.1) is 0 Å². The van der Waals surface area contributed by atoms with E-state index >= 15 is 0 Å². The number of benzene rings is 1. The van der Waals surface area contributed by atoms with Gasteiger partial charge in [-0.15, -0.1) is 0 Å². The highest BCUT2D eigenvalue weighted by Gasteiger charge is 2.30. The van der Waals surface area contributed by atoms with Crippen LogP contribution in [0, 0.1) is 5.82 Å². The van der Waals surface area contributed by atoms with Crippen molar-refractivity contribution < 1.29 is 12.8 Å². The zero-order valence-corrected chi connectivity index (χ0v) is 10.4. The fourth-order valence-electron chi connectivity index (χ4n) is 1.91. The molecule has 94 valence electrons. The summed E-state index contributed by atoms with van der Waals surface area (Å²) in [5.74, 6) is -0.696. The van der Waals surface area contributed by atoms with Crippen molar-refractivity contribution in [2.24, 2.45) is 0 Å². The van der Waals surface area contributed by atoms with Gasteiger partial charge in [-0.2, -0.15) is 4.31 Å². The molecule has 1 N–H and O–H groups in total. The lowest BCUT2D eigenvalue weighted by molar-refractivity contribution is 0.309. The van der Waals surface area contributed by atoms with Gasteiger partial charge in [-0.1, -0.05) is 12.1 Å². The average molecular weight is 258 g/mol. The summed E-state index contributed by atoms with van der Waals surface area (Å²) in [5, 5.41) is 3.15. The largest absolute Gasteiger partial charge is 0.312 e. The van der Waals surface area contributed by atoms with Crippen LogP contribution in [0.2, 0.25) is 0 Å². The molecule has 1 saturated heterocycles. The van der Waals surface area contributed by atoms with E-state index in [1.54, 1.807) is 0 Å². The molecule has 1 unspecified atom stereocenters. The number of hydrogen-bond donors (Lipinski definition) is 1. The topological polar surface area (TPSA) is 49.4 Å². The number of nitrogens with zero attached hydrogens (tertiary/aromatic N) is 1. The normalized spacial score (nSPS) is 22.6. The third kappa shape index (κ3) is 2.48. The van der Waals surface area contributed by atoms with Crippen LogP contribution in [0.25, 0.3) is 0 Å². The quantitative estimate of drug-likeness (QED) is 0.854. The van der Waals surface area contributed by atoms with Crippen molar-refractivity contribution >= 4 is 10.0 Å². The van der Waals surface area contributed by atoms with Gasteiger partial charge in [0, 0.05) is 25.7 Å². The Bertz CT molecular complexity index is 504. The van der Waals surface area contributed by atoms with E-state index in [4.69, 9.17) is 0 Å². The van der Waals surface area contributed by atoms with Gasteiger partial charge in [0.15, 0.2) is 0 Å². The van der Waals surface area contributed by atoms with Gasteiger partial charge < -0.3 is 5.32 Å². The summed E-state index contributed by atoms with van der Waals surface area (Å²) in [6.45, 7) is 3.25. The van der Waals surface area contributed by atoms with Crippen LogP contribution in [0.1, 0.15) is 6.92 Å². The first kappa shape index (κ1) is 12.5. The van der Waals surface area contributed by atoms with Crippen LogP contribution in [-0.4, -0.2) is 38.4 Å². The van der Waals surface area contributed by atoms with E-state index in [1.165, 1.54) is 28.6 Å². The van der Waals surface area contributed by atoms with E-state index in [1.807, 2.05) is 6.92 Å². The van der Waals surface area contributed by atoms with Crippen LogP contribution >= 0.6 is 0 Å². The summed E-state index contributed by atoms with van der Waals surface area (Å²) >= 11 is 0. The van der Waals surface area contributed by atoms with Gasteiger partial charge in [0.2, 0.25) is 10.0 Å². The van der Waals surface area contributed by atoms with Gasteiger partial charge >= 0.3 is 0 Å². The molecule has 1 aromatic rings. The van der Waals surface area contributed by atoms with Crippen molar-refractivity contribution in [2.75, 3.05) is 19.6 Å². The van der Waals surface area contributed by atoms with E-state index in [0.717, 1.165) is 0 Å². The summed E-state index contributed by atoms with van der Waals surface area (Å²) in [7, 11) is -3.71. The third-order valence-electron chi connectivity index (χ3n) is 2.79. The molecule has 6 heteroatoms. The molecule has 1 fully saturated rings. The lowest BCUT2D eigenvalue weighted by atomic mass is 10.3. The van der Waals surface area contributed by atoms with Gasteiger partial charge in [-0.25, -0.2) is 12.8 Å². The van der Waals surface area contributed by atoms with E-state index in [9.17, 15) is 12.8 Å². The Morgan fingerprint density at radius 1 is 1.41 bits per heavy atom. The second-order valence-corrected chi connectivity index (χ2v) is 6.06. The SMILES string of the molecule is CC1CN(S(=O)(=O)c2ccccc2F)CCN1. The zero-order valence-electron chi connectivity index (χ0n) is 9.56.